The Morgan fingerprint density at radius 2 is 1.67 bits per heavy atom. The minimum Gasteiger partial charge on any atom is -0.469 e. The molecule has 3 fully saturated rings. The van der Waals surface area contributed by atoms with Crippen LogP contribution in [0.2, 0.25) is 0 Å². The molecule has 0 radical (unpaired) electrons. The van der Waals surface area contributed by atoms with Crippen molar-refractivity contribution in [3.63, 3.8) is 0 Å². The number of anilines is 2. The second-order valence-electron chi connectivity index (χ2n) is 18.8. The number of amides is 3. The number of carbonyl (C=O) groups is 4. The van der Waals surface area contributed by atoms with Crippen LogP contribution in [0, 0.1) is 19.8 Å². The number of ether oxygens (including phenoxy) is 1. The van der Waals surface area contributed by atoms with E-state index < -0.39 is 0 Å². The van der Waals surface area contributed by atoms with Gasteiger partial charge < -0.3 is 40.1 Å². The Morgan fingerprint density at radius 1 is 0.881 bits per heavy atom. The van der Waals surface area contributed by atoms with E-state index in [0.717, 1.165) is 137 Å². The summed E-state index contributed by atoms with van der Waals surface area (Å²) in [6.45, 7) is 15.6. The summed E-state index contributed by atoms with van der Waals surface area (Å²) in [6, 6.07) is 13.1. The predicted octanol–water partition coefficient (Wildman–Crippen LogP) is 6.35. The van der Waals surface area contributed by atoms with Gasteiger partial charge in [-0.1, -0.05) is 26.3 Å². The molecule has 2 aromatic heterocycles. The summed E-state index contributed by atoms with van der Waals surface area (Å²) in [7, 11) is 1.46. The van der Waals surface area contributed by atoms with Crippen LogP contribution in [0.25, 0.3) is 5.69 Å². The standard InChI is InChI=1S/C50H73N9O6.C2H6/c1-36-28-37(2)59(54-36)45-30-40(41(31-49(64)65-3)34-55-23-19-38(33-55)15-17-42-18-16-39-10-8-21-52-50(39)53-42)29-44(32-45)56-24-26-57(27-25-56)47(62)14-7-12-46(61)51-20-6-4-5-13-48(63)58-22-9-11-43(58)35-60;1-2/h16,18,28-30,32,38,41,43,60H,4-15,17,19-27,31,33-35H2,1-3H3,(H,51,61)(H,52,53);1-2H3. The molecule has 0 bridgehead atoms. The lowest BCUT2D eigenvalue weighted by Crippen LogP contribution is -2.48. The van der Waals surface area contributed by atoms with Gasteiger partial charge in [0.15, 0.2) is 0 Å². The zero-order valence-electron chi connectivity index (χ0n) is 41.2. The van der Waals surface area contributed by atoms with Crippen LogP contribution in [0.4, 0.5) is 11.5 Å². The van der Waals surface area contributed by atoms with Gasteiger partial charge in [-0.05, 0) is 132 Å². The summed E-state index contributed by atoms with van der Waals surface area (Å²) in [5.74, 6) is 1.45. The zero-order valence-corrected chi connectivity index (χ0v) is 41.2. The molecular weight excluding hydrogens is 847 g/mol. The van der Waals surface area contributed by atoms with E-state index in [9.17, 15) is 24.3 Å². The smallest absolute Gasteiger partial charge is 0.306 e. The Balaban J connectivity index is 0.00000365. The molecule has 6 heterocycles. The van der Waals surface area contributed by atoms with E-state index in [-0.39, 0.29) is 48.7 Å². The first kappa shape index (κ1) is 51.4. The number of aliphatic hydroxyl groups excluding tert-OH is 1. The molecule has 0 aliphatic carbocycles. The number of nitrogens with zero attached hydrogens (tertiary/aromatic N) is 7. The van der Waals surface area contributed by atoms with E-state index in [2.05, 4.69) is 63.8 Å². The molecule has 3 amide bonds. The largest absolute Gasteiger partial charge is 0.469 e. The van der Waals surface area contributed by atoms with Crippen molar-refractivity contribution in [3.8, 4) is 5.69 Å². The number of likely N-dealkylation sites (tertiary alicyclic amines) is 2. The lowest BCUT2D eigenvalue weighted by atomic mass is 9.93. The van der Waals surface area contributed by atoms with Crippen LogP contribution in [0.3, 0.4) is 0 Å². The lowest BCUT2D eigenvalue weighted by molar-refractivity contribution is -0.141. The predicted molar refractivity (Wildman–Crippen MR) is 264 cm³/mol. The molecule has 15 heteroatoms. The number of pyridine rings is 1. The third kappa shape index (κ3) is 14.7. The lowest BCUT2D eigenvalue weighted by Gasteiger charge is -2.37. The molecule has 3 atom stereocenters. The molecule has 3 N–H and O–H groups in total. The molecule has 1 aromatic carbocycles. The van der Waals surface area contributed by atoms with Gasteiger partial charge in [-0.25, -0.2) is 9.67 Å². The molecule has 0 spiro atoms. The number of methoxy groups -OCH3 is 1. The number of piperazine rings is 1. The highest BCUT2D eigenvalue weighted by molar-refractivity contribution is 5.79. The van der Waals surface area contributed by atoms with Crippen molar-refractivity contribution in [3.05, 3.63) is 64.6 Å². The van der Waals surface area contributed by atoms with Crippen molar-refractivity contribution >= 4 is 35.2 Å². The van der Waals surface area contributed by atoms with Crippen LogP contribution in [0.1, 0.15) is 131 Å². The number of esters is 1. The maximum absolute atomic E-state index is 13.3. The van der Waals surface area contributed by atoms with E-state index in [4.69, 9.17) is 14.8 Å². The molecule has 7 rings (SSSR count). The van der Waals surface area contributed by atoms with E-state index >= 15 is 0 Å². The maximum Gasteiger partial charge on any atom is 0.306 e. The number of aromatic nitrogens is 3. The fraction of sp³-hybridized carbons (Fsp3) is 0.654. The topological polar surface area (TPSA) is 165 Å². The average Bonchev–Trinajstić information content (AvgIpc) is 4.11. The maximum atomic E-state index is 13.3. The molecule has 4 aliphatic rings. The molecule has 368 valence electrons. The number of fused-ring (bicyclic) bond motifs is 1. The summed E-state index contributed by atoms with van der Waals surface area (Å²) < 4.78 is 7.24. The van der Waals surface area contributed by atoms with Crippen LogP contribution in [-0.4, -0.2) is 143 Å². The summed E-state index contributed by atoms with van der Waals surface area (Å²) in [5, 5.41) is 20.8. The number of hydrogen-bond donors (Lipinski definition) is 3. The minimum atomic E-state index is -0.225. The van der Waals surface area contributed by atoms with Crippen molar-refractivity contribution in [1.29, 1.82) is 0 Å². The van der Waals surface area contributed by atoms with Crippen LogP contribution in [0.15, 0.2) is 36.4 Å². The summed E-state index contributed by atoms with van der Waals surface area (Å²) in [5.41, 5.74) is 7.51. The SMILES string of the molecule is CC.COC(=O)CC(CN1CCC(CCc2ccc3c(n2)NCCC3)C1)c1cc(N2CCN(C(=O)CCCC(=O)NCCCCCC(=O)N3CCCC3CO)CC2)cc(-n2nc(C)cc2C)c1. The first-order chi connectivity index (χ1) is 32.6. The normalized spacial score (nSPS) is 18.7. The van der Waals surface area contributed by atoms with Gasteiger partial charge in [-0.15, -0.1) is 0 Å². The van der Waals surface area contributed by atoms with Crippen LogP contribution in [-0.2, 0) is 36.8 Å². The number of unbranched alkanes of at least 4 members (excludes halogenated alkanes) is 2. The number of aliphatic hydroxyl groups is 1. The number of aryl methyl sites for hydroxylation is 4. The zero-order chi connectivity index (χ0) is 47.7. The molecular formula is C52H79N9O6. The number of carbonyl (C=O) groups excluding carboxylic acids is 4. The number of benzene rings is 1. The van der Waals surface area contributed by atoms with Gasteiger partial charge in [0.2, 0.25) is 17.7 Å². The van der Waals surface area contributed by atoms with Gasteiger partial charge in [-0.3, -0.25) is 19.2 Å². The molecule has 3 unspecified atom stereocenters. The fourth-order valence-corrected chi connectivity index (χ4v) is 10.3. The van der Waals surface area contributed by atoms with Crippen LogP contribution >= 0.6 is 0 Å². The van der Waals surface area contributed by atoms with Crippen molar-refractivity contribution < 1.29 is 29.0 Å². The van der Waals surface area contributed by atoms with Crippen molar-refractivity contribution in [1.82, 2.24) is 34.8 Å². The highest BCUT2D eigenvalue weighted by Crippen LogP contribution is 2.33. The Kier molecular flexibility index (Phi) is 19.9. The Bertz CT molecular complexity index is 2080. The van der Waals surface area contributed by atoms with Gasteiger partial charge in [0.05, 0.1) is 37.6 Å². The average molecular weight is 926 g/mol. The molecule has 0 saturated carbocycles. The van der Waals surface area contributed by atoms with Crippen molar-refractivity contribution in [2.24, 2.45) is 5.92 Å². The molecule has 3 aromatic rings. The summed E-state index contributed by atoms with van der Waals surface area (Å²) >= 11 is 0. The number of hydrogen-bond acceptors (Lipinski definition) is 11. The van der Waals surface area contributed by atoms with E-state index in [1.807, 2.05) is 35.3 Å². The Hall–Kier alpha value is -5.02. The third-order valence-corrected chi connectivity index (χ3v) is 14.0. The first-order valence-electron chi connectivity index (χ1n) is 25.5. The van der Waals surface area contributed by atoms with Gasteiger partial charge in [0.1, 0.15) is 5.82 Å². The monoisotopic (exact) mass is 926 g/mol. The molecule has 15 nitrogen and oxygen atoms in total. The number of nitrogens with one attached hydrogen (secondary N) is 2. The Labute approximate surface area is 399 Å². The molecule has 3 saturated heterocycles. The van der Waals surface area contributed by atoms with E-state index in [1.54, 1.807) is 0 Å². The fourth-order valence-electron chi connectivity index (χ4n) is 10.3. The second kappa shape index (κ2) is 25.9. The van der Waals surface area contributed by atoms with Gasteiger partial charge in [0.25, 0.3) is 0 Å². The van der Waals surface area contributed by atoms with E-state index in [0.29, 0.717) is 64.3 Å². The summed E-state index contributed by atoms with van der Waals surface area (Å²) in [4.78, 5) is 64.8. The second-order valence-corrected chi connectivity index (χ2v) is 18.8. The van der Waals surface area contributed by atoms with Gasteiger partial charge in [-0.2, -0.15) is 5.10 Å². The molecule has 4 aliphatic heterocycles. The third-order valence-electron chi connectivity index (χ3n) is 14.0. The van der Waals surface area contributed by atoms with Crippen LogP contribution in [0.5, 0.6) is 0 Å². The quantitative estimate of drug-likeness (QED) is 0.0806. The first-order valence-corrected chi connectivity index (χ1v) is 25.5. The highest BCUT2D eigenvalue weighted by atomic mass is 16.5. The Morgan fingerprint density at radius 3 is 2.43 bits per heavy atom. The van der Waals surface area contributed by atoms with Crippen molar-refractivity contribution in [2.75, 3.05) is 89.4 Å². The van der Waals surface area contributed by atoms with Gasteiger partial charge in [0, 0.05) is 101 Å². The van der Waals surface area contributed by atoms with E-state index in [1.165, 1.54) is 12.7 Å². The molecule has 67 heavy (non-hydrogen) atoms. The minimum absolute atomic E-state index is 0.0285. The highest BCUT2D eigenvalue weighted by Gasteiger charge is 2.30. The van der Waals surface area contributed by atoms with Gasteiger partial charge >= 0.3 is 5.97 Å². The van der Waals surface area contributed by atoms with Crippen LogP contribution < -0.4 is 15.5 Å². The van der Waals surface area contributed by atoms with Crippen molar-refractivity contribution in [2.45, 2.75) is 136 Å². The number of rotatable bonds is 21. The summed E-state index contributed by atoms with van der Waals surface area (Å²) in [6.07, 6.45) is 11.6.